The third-order valence-corrected chi connectivity index (χ3v) is 5.83. The topological polar surface area (TPSA) is 17.1 Å². The number of Topliss-reactive ketones (excluding diaryl/α,β-unsaturated/α-hetero) is 1. The van der Waals surface area contributed by atoms with Crippen LogP contribution in [-0.2, 0) is 4.79 Å². The van der Waals surface area contributed by atoms with Crippen molar-refractivity contribution in [1.82, 2.24) is 0 Å². The Labute approximate surface area is 136 Å². The highest BCUT2D eigenvalue weighted by Gasteiger charge is 2.63. The Balaban J connectivity index is 1.81. The average molecular weight is 300 g/mol. The van der Waals surface area contributed by atoms with Gasteiger partial charge >= 0.3 is 0 Å². The van der Waals surface area contributed by atoms with Gasteiger partial charge in [-0.15, -0.1) is 13.2 Å². The van der Waals surface area contributed by atoms with Gasteiger partial charge in [0.05, 0.1) is 0 Å². The lowest BCUT2D eigenvalue weighted by molar-refractivity contribution is -0.125. The van der Waals surface area contributed by atoms with Crippen molar-refractivity contribution in [3.05, 3.63) is 36.5 Å². The molecule has 1 heteroatoms. The Morgan fingerprint density at radius 2 is 1.91 bits per heavy atom. The summed E-state index contributed by atoms with van der Waals surface area (Å²) in [5.41, 5.74) is 2.82. The quantitative estimate of drug-likeness (QED) is 0.512. The van der Waals surface area contributed by atoms with Crippen LogP contribution < -0.4 is 0 Å². The first-order chi connectivity index (χ1) is 10.3. The van der Waals surface area contributed by atoms with Gasteiger partial charge in [0.1, 0.15) is 5.78 Å². The molecule has 0 aromatic heterocycles. The van der Waals surface area contributed by atoms with Crippen molar-refractivity contribution < 1.29 is 4.79 Å². The molecule has 0 radical (unpaired) electrons. The Morgan fingerprint density at radius 3 is 2.55 bits per heavy atom. The third-order valence-electron chi connectivity index (χ3n) is 5.83. The highest BCUT2D eigenvalue weighted by Crippen LogP contribution is 2.68. The molecule has 0 N–H and O–H groups in total. The summed E-state index contributed by atoms with van der Waals surface area (Å²) < 4.78 is 0. The lowest BCUT2D eigenvalue weighted by Gasteiger charge is -2.23. The van der Waals surface area contributed by atoms with Crippen LogP contribution in [0.25, 0.3) is 0 Å². The molecule has 4 atom stereocenters. The zero-order chi connectivity index (χ0) is 16.3. The Bertz CT molecular complexity index is 484. The molecule has 2 rings (SSSR count). The van der Waals surface area contributed by atoms with Crippen LogP contribution in [0.2, 0.25) is 0 Å². The summed E-state index contributed by atoms with van der Waals surface area (Å²) in [5, 5.41) is 0. The summed E-state index contributed by atoms with van der Waals surface area (Å²) in [5.74, 6) is 2.30. The van der Waals surface area contributed by atoms with Crippen molar-refractivity contribution >= 4 is 5.78 Å². The van der Waals surface area contributed by atoms with Gasteiger partial charge in [-0.3, -0.25) is 4.79 Å². The van der Waals surface area contributed by atoms with Gasteiger partial charge in [-0.2, -0.15) is 0 Å². The fraction of sp³-hybridized carbons (Fsp3) is 0.667. The fourth-order valence-electron chi connectivity index (χ4n) is 4.29. The molecule has 0 unspecified atom stereocenters. The lowest BCUT2D eigenvalue weighted by atomic mass is 9.80. The summed E-state index contributed by atoms with van der Waals surface area (Å²) in [7, 11) is 0. The lowest BCUT2D eigenvalue weighted by Crippen LogP contribution is -2.24. The normalized spacial score (nSPS) is 33.8. The zero-order valence-electron chi connectivity index (χ0n) is 14.7. The van der Waals surface area contributed by atoms with Gasteiger partial charge in [0.25, 0.3) is 0 Å². The minimum atomic E-state index is 0.272. The van der Waals surface area contributed by atoms with Crippen LogP contribution in [0.1, 0.15) is 65.7 Å². The van der Waals surface area contributed by atoms with Crippen LogP contribution in [-0.4, -0.2) is 5.78 Å². The van der Waals surface area contributed by atoms with Gasteiger partial charge in [-0.05, 0) is 69.6 Å². The van der Waals surface area contributed by atoms with Crippen molar-refractivity contribution in [2.75, 3.05) is 0 Å². The van der Waals surface area contributed by atoms with Gasteiger partial charge in [0.2, 0.25) is 0 Å². The van der Waals surface area contributed by atoms with Gasteiger partial charge in [0.15, 0.2) is 0 Å². The molecule has 122 valence electrons. The van der Waals surface area contributed by atoms with Crippen LogP contribution in [0.3, 0.4) is 0 Å². The molecule has 0 heterocycles. The standard InChI is InChI=1S/C21H32O/c1-15(2)9-7-6-8-10-17-13-19-18(12-11-16(3)4)21(19,5)14-20(17)22/h6,8,17-19H,1,3,7,9-14H2,2,4-5H3/b8-6+/t17-,18-,19-,21+/m0/s1. The molecule has 2 fully saturated rings. The molecular weight excluding hydrogens is 268 g/mol. The van der Waals surface area contributed by atoms with Gasteiger partial charge in [-0.1, -0.05) is 30.2 Å². The summed E-state index contributed by atoms with van der Waals surface area (Å²) in [6, 6.07) is 0. The molecule has 0 aliphatic heterocycles. The van der Waals surface area contributed by atoms with Crippen molar-refractivity contribution in [3.8, 4) is 0 Å². The maximum atomic E-state index is 12.4. The first kappa shape index (κ1) is 17.2. The second kappa shape index (κ2) is 6.98. The molecule has 0 spiro atoms. The monoisotopic (exact) mass is 300 g/mol. The molecule has 0 aromatic rings. The van der Waals surface area contributed by atoms with Crippen LogP contribution in [0.4, 0.5) is 0 Å². The summed E-state index contributed by atoms with van der Waals surface area (Å²) in [6.07, 6.45) is 11.8. The van der Waals surface area contributed by atoms with Gasteiger partial charge < -0.3 is 0 Å². The van der Waals surface area contributed by atoms with E-state index in [1.807, 2.05) is 0 Å². The molecule has 2 saturated carbocycles. The van der Waals surface area contributed by atoms with Gasteiger partial charge in [-0.25, -0.2) is 0 Å². The predicted octanol–water partition coefficient (Wildman–Crippen LogP) is 5.88. The molecule has 2 aliphatic carbocycles. The third kappa shape index (κ3) is 4.00. The number of ketones is 1. The second-order valence-corrected chi connectivity index (χ2v) is 7.99. The van der Waals surface area contributed by atoms with E-state index in [-0.39, 0.29) is 5.92 Å². The van der Waals surface area contributed by atoms with Crippen molar-refractivity contribution in [2.24, 2.45) is 23.2 Å². The average Bonchev–Trinajstić information content (AvgIpc) is 2.98. The predicted molar refractivity (Wildman–Crippen MR) is 94.7 cm³/mol. The van der Waals surface area contributed by atoms with E-state index in [0.29, 0.717) is 11.2 Å². The van der Waals surface area contributed by atoms with E-state index in [4.69, 9.17) is 0 Å². The van der Waals surface area contributed by atoms with Crippen LogP contribution in [0.15, 0.2) is 36.5 Å². The molecular formula is C21H32O. The number of hydrogen-bond acceptors (Lipinski definition) is 1. The minimum absolute atomic E-state index is 0.272. The molecule has 0 aromatic carbocycles. The van der Waals surface area contributed by atoms with E-state index >= 15 is 0 Å². The summed E-state index contributed by atoms with van der Waals surface area (Å²) in [6.45, 7) is 14.4. The highest BCUT2D eigenvalue weighted by molar-refractivity contribution is 5.83. The number of fused-ring (bicyclic) bond motifs is 1. The molecule has 0 bridgehead atoms. The summed E-state index contributed by atoms with van der Waals surface area (Å²) in [4.78, 5) is 12.4. The zero-order valence-corrected chi connectivity index (χ0v) is 14.7. The van der Waals surface area contributed by atoms with Crippen molar-refractivity contribution in [2.45, 2.75) is 65.7 Å². The van der Waals surface area contributed by atoms with Crippen LogP contribution in [0, 0.1) is 23.2 Å². The maximum Gasteiger partial charge on any atom is 0.136 e. The number of carbonyl (C=O) groups excluding carboxylic acids is 1. The largest absolute Gasteiger partial charge is 0.299 e. The van der Waals surface area contributed by atoms with E-state index < -0.39 is 0 Å². The maximum absolute atomic E-state index is 12.4. The van der Waals surface area contributed by atoms with E-state index in [1.54, 1.807) is 0 Å². The SMILES string of the molecule is C=C(C)CC/C=C/C[C@H]1C[C@H]2[C@H](CCC(=C)C)[C@@]2(C)CC1=O. The van der Waals surface area contributed by atoms with Gasteiger partial charge in [0, 0.05) is 12.3 Å². The number of rotatable bonds is 8. The highest BCUT2D eigenvalue weighted by atomic mass is 16.1. The van der Waals surface area contributed by atoms with Crippen molar-refractivity contribution in [1.29, 1.82) is 0 Å². The number of carbonyl (C=O) groups is 1. The minimum Gasteiger partial charge on any atom is -0.299 e. The molecule has 22 heavy (non-hydrogen) atoms. The molecule has 0 amide bonds. The number of allylic oxidation sites excluding steroid dienone is 4. The first-order valence-electron chi connectivity index (χ1n) is 8.81. The van der Waals surface area contributed by atoms with E-state index in [2.05, 4.69) is 46.1 Å². The van der Waals surface area contributed by atoms with E-state index in [1.165, 1.54) is 17.6 Å². The second-order valence-electron chi connectivity index (χ2n) is 7.99. The Morgan fingerprint density at radius 1 is 1.23 bits per heavy atom. The Kier molecular flexibility index (Phi) is 5.47. The van der Waals surface area contributed by atoms with Crippen molar-refractivity contribution in [3.63, 3.8) is 0 Å². The first-order valence-corrected chi connectivity index (χ1v) is 8.81. The number of hydrogen-bond donors (Lipinski definition) is 0. The van der Waals surface area contributed by atoms with E-state index in [9.17, 15) is 4.79 Å². The Hall–Kier alpha value is -1.11. The molecule has 0 saturated heterocycles. The molecule has 2 aliphatic rings. The smallest absolute Gasteiger partial charge is 0.136 e. The molecule has 1 nitrogen and oxygen atoms in total. The van der Waals surface area contributed by atoms with Crippen LogP contribution in [0.5, 0.6) is 0 Å². The van der Waals surface area contributed by atoms with E-state index in [0.717, 1.165) is 50.4 Å². The summed E-state index contributed by atoms with van der Waals surface area (Å²) >= 11 is 0. The fourth-order valence-corrected chi connectivity index (χ4v) is 4.29. The van der Waals surface area contributed by atoms with Crippen LogP contribution >= 0.6 is 0 Å².